The Morgan fingerprint density at radius 3 is 2.71 bits per heavy atom. The van der Waals surface area contributed by atoms with Crippen molar-refractivity contribution in [2.75, 3.05) is 18.0 Å². The van der Waals surface area contributed by atoms with Crippen LogP contribution < -0.4 is 4.90 Å². The number of alkyl halides is 3. The highest BCUT2D eigenvalue weighted by Crippen LogP contribution is 2.39. The molecule has 0 aromatic carbocycles. The molecule has 1 saturated heterocycles. The summed E-state index contributed by atoms with van der Waals surface area (Å²) in [5, 5.41) is 9.27. The third-order valence-electron chi connectivity index (χ3n) is 3.28. The molecule has 1 aliphatic heterocycles. The standard InChI is InChI=1S/C12H12F3N3O2S/c1-6-9(12(13,14)15)17-11(21-6)18-3-7(4-18)10-16-2-8(5-19)20-10/h2,7,19H,3-5H2,1H3. The Morgan fingerprint density at radius 2 is 2.19 bits per heavy atom. The summed E-state index contributed by atoms with van der Waals surface area (Å²) < 4.78 is 43.4. The van der Waals surface area contributed by atoms with Crippen LogP contribution in [0.4, 0.5) is 18.3 Å². The van der Waals surface area contributed by atoms with Gasteiger partial charge in [0.2, 0.25) is 5.89 Å². The Morgan fingerprint density at radius 1 is 1.48 bits per heavy atom. The van der Waals surface area contributed by atoms with Gasteiger partial charge in [0.05, 0.1) is 12.1 Å². The molecule has 0 aliphatic carbocycles. The summed E-state index contributed by atoms with van der Waals surface area (Å²) in [4.78, 5) is 9.66. The summed E-state index contributed by atoms with van der Waals surface area (Å²) in [5.74, 6) is 0.899. The number of hydrogen-bond donors (Lipinski definition) is 1. The maximum Gasteiger partial charge on any atom is 0.434 e. The van der Waals surface area contributed by atoms with E-state index in [2.05, 4.69) is 9.97 Å². The van der Waals surface area contributed by atoms with E-state index in [-0.39, 0.29) is 17.4 Å². The molecule has 2 aromatic rings. The average molecular weight is 319 g/mol. The first-order valence-electron chi connectivity index (χ1n) is 6.23. The van der Waals surface area contributed by atoms with Crippen molar-refractivity contribution >= 4 is 16.5 Å². The predicted molar refractivity (Wildman–Crippen MR) is 69.2 cm³/mol. The van der Waals surface area contributed by atoms with Crippen molar-refractivity contribution in [1.82, 2.24) is 9.97 Å². The van der Waals surface area contributed by atoms with E-state index in [0.29, 0.717) is 29.9 Å². The molecule has 0 bridgehead atoms. The van der Waals surface area contributed by atoms with Gasteiger partial charge in [-0.2, -0.15) is 13.2 Å². The lowest BCUT2D eigenvalue weighted by atomic mass is 10.0. The van der Waals surface area contributed by atoms with Crippen molar-refractivity contribution in [2.24, 2.45) is 0 Å². The van der Waals surface area contributed by atoms with Gasteiger partial charge >= 0.3 is 6.18 Å². The number of aliphatic hydroxyl groups excluding tert-OH is 1. The van der Waals surface area contributed by atoms with Gasteiger partial charge in [-0.25, -0.2) is 9.97 Å². The maximum absolute atomic E-state index is 12.7. The lowest BCUT2D eigenvalue weighted by Gasteiger charge is -2.37. The lowest BCUT2D eigenvalue weighted by Crippen LogP contribution is -2.45. The highest BCUT2D eigenvalue weighted by molar-refractivity contribution is 7.15. The maximum atomic E-state index is 12.7. The molecule has 0 spiro atoms. The van der Waals surface area contributed by atoms with E-state index in [9.17, 15) is 13.2 Å². The first-order valence-corrected chi connectivity index (χ1v) is 7.05. The topological polar surface area (TPSA) is 62.4 Å². The van der Waals surface area contributed by atoms with Crippen molar-refractivity contribution in [3.63, 3.8) is 0 Å². The normalized spacial score (nSPS) is 16.3. The second kappa shape index (κ2) is 4.99. The van der Waals surface area contributed by atoms with E-state index in [1.807, 2.05) is 0 Å². The van der Waals surface area contributed by atoms with Crippen LogP contribution in [-0.2, 0) is 12.8 Å². The van der Waals surface area contributed by atoms with E-state index in [1.54, 1.807) is 4.90 Å². The van der Waals surface area contributed by atoms with Crippen LogP contribution in [0.3, 0.4) is 0 Å². The number of anilines is 1. The number of thiazole rings is 1. The summed E-state index contributed by atoms with van der Waals surface area (Å²) in [5.41, 5.74) is -0.815. The van der Waals surface area contributed by atoms with Crippen LogP contribution in [0, 0.1) is 6.92 Å². The van der Waals surface area contributed by atoms with Crippen molar-refractivity contribution in [3.05, 3.63) is 28.4 Å². The molecule has 114 valence electrons. The van der Waals surface area contributed by atoms with Gasteiger partial charge in [-0.1, -0.05) is 0 Å². The van der Waals surface area contributed by atoms with Crippen LogP contribution in [-0.4, -0.2) is 28.2 Å². The minimum absolute atomic E-state index is 0.0174. The summed E-state index contributed by atoms with van der Waals surface area (Å²) in [6, 6.07) is 0. The largest absolute Gasteiger partial charge is 0.443 e. The average Bonchev–Trinajstić information content (AvgIpc) is 2.93. The van der Waals surface area contributed by atoms with Gasteiger partial charge < -0.3 is 14.4 Å². The van der Waals surface area contributed by atoms with Crippen LogP contribution in [0.25, 0.3) is 0 Å². The van der Waals surface area contributed by atoms with E-state index < -0.39 is 11.9 Å². The van der Waals surface area contributed by atoms with E-state index in [4.69, 9.17) is 9.52 Å². The monoisotopic (exact) mass is 319 g/mol. The smallest absolute Gasteiger partial charge is 0.434 e. The molecule has 0 unspecified atom stereocenters. The second-order valence-corrected chi connectivity index (χ2v) is 6.01. The number of nitrogens with zero attached hydrogens (tertiary/aromatic N) is 3. The quantitative estimate of drug-likeness (QED) is 0.942. The van der Waals surface area contributed by atoms with Gasteiger partial charge in [0.15, 0.2) is 10.8 Å². The molecule has 3 rings (SSSR count). The zero-order chi connectivity index (χ0) is 15.2. The molecule has 1 fully saturated rings. The molecular formula is C12H12F3N3O2S. The molecule has 9 heteroatoms. The number of rotatable bonds is 3. The van der Waals surface area contributed by atoms with Crippen LogP contribution in [0.1, 0.15) is 28.1 Å². The molecule has 0 saturated carbocycles. The molecule has 1 N–H and O–H groups in total. The van der Waals surface area contributed by atoms with Crippen molar-refractivity contribution in [1.29, 1.82) is 0 Å². The van der Waals surface area contributed by atoms with Gasteiger partial charge in [0.25, 0.3) is 0 Å². The van der Waals surface area contributed by atoms with Crippen molar-refractivity contribution in [2.45, 2.75) is 25.6 Å². The first-order chi connectivity index (χ1) is 9.88. The fraction of sp³-hybridized carbons (Fsp3) is 0.500. The Balaban J connectivity index is 1.69. The number of halogens is 3. The third-order valence-corrected chi connectivity index (χ3v) is 4.31. The predicted octanol–water partition coefficient (Wildman–Crippen LogP) is 2.55. The SMILES string of the molecule is Cc1sc(N2CC(c3ncc(CO)o3)C2)nc1C(F)(F)F. The van der Waals surface area contributed by atoms with E-state index in [1.165, 1.54) is 13.1 Å². The van der Waals surface area contributed by atoms with Crippen LogP contribution in [0.5, 0.6) is 0 Å². The summed E-state index contributed by atoms with van der Waals surface area (Å²) in [6.07, 6.45) is -2.96. The number of aliphatic hydroxyl groups is 1. The minimum Gasteiger partial charge on any atom is -0.443 e. The number of aryl methyl sites for hydroxylation is 1. The molecule has 0 radical (unpaired) electrons. The van der Waals surface area contributed by atoms with E-state index in [0.717, 1.165) is 11.3 Å². The molecule has 2 aromatic heterocycles. The van der Waals surface area contributed by atoms with Crippen LogP contribution in [0.15, 0.2) is 10.6 Å². The molecular weight excluding hydrogens is 307 g/mol. The molecule has 0 atom stereocenters. The summed E-state index contributed by atoms with van der Waals surface area (Å²) in [7, 11) is 0. The van der Waals surface area contributed by atoms with Gasteiger partial charge in [-0.3, -0.25) is 0 Å². The summed E-state index contributed by atoms with van der Waals surface area (Å²) >= 11 is 1.04. The molecule has 1 aliphatic rings. The fourth-order valence-corrected chi connectivity index (χ4v) is 3.10. The molecule has 21 heavy (non-hydrogen) atoms. The van der Waals surface area contributed by atoms with E-state index >= 15 is 0 Å². The molecule has 5 nitrogen and oxygen atoms in total. The Kier molecular flexibility index (Phi) is 3.40. The van der Waals surface area contributed by atoms with Gasteiger partial charge in [0.1, 0.15) is 12.4 Å². The Labute approximate surface area is 122 Å². The second-order valence-electron chi connectivity index (χ2n) is 4.82. The number of aromatic nitrogens is 2. The molecule has 0 amide bonds. The number of oxazole rings is 1. The zero-order valence-corrected chi connectivity index (χ0v) is 11.8. The highest BCUT2D eigenvalue weighted by atomic mass is 32.1. The molecule has 3 heterocycles. The number of hydrogen-bond acceptors (Lipinski definition) is 6. The Bertz CT molecular complexity index is 646. The lowest BCUT2D eigenvalue weighted by molar-refractivity contribution is -0.141. The summed E-state index contributed by atoms with van der Waals surface area (Å²) in [6.45, 7) is 2.22. The van der Waals surface area contributed by atoms with Crippen LogP contribution in [0.2, 0.25) is 0 Å². The fourth-order valence-electron chi connectivity index (χ4n) is 2.16. The van der Waals surface area contributed by atoms with Crippen molar-refractivity contribution < 1.29 is 22.7 Å². The van der Waals surface area contributed by atoms with Crippen molar-refractivity contribution in [3.8, 4) is 0 Å². The van der Waals surface area contributed by atoms with Crippen LogP contribution >= 0.6 is 11.3 Å². The zero-order valence-electron chi connectivity index (χ0n) is 11.0. The highest BCUT2D eigenvalue weighted by Gasteiger charge is 2.39. The van der Waals surface area contributed by atoms with Gasteiger partial charge in [-0.05, 0) is 6.92 Å². The third kappa shape index (κ3) is 2.62. The first kappa shape index (κ1) is 14.3. The Hall–Kier alpha value is -1.61. The minimum atomic E-state index is -4.41. The van der Waals surface area contributed by atoms with Gasteiger partial charge in [0, 0.05) is 18.0 Å². The van der Waals surface area contributed by atoms with Gasteiger partial charge in [-0.15, -0.1) is 11.3 Å².